The highest BCUT2D eigenvalue weighted by Gasteiger charge is 2.38. The van der Waals surface area contributed by atoms with Crippen molar-refractivity contribution in [3.63, 3.8) is 0 Å². The molecule has 2 atom stereocenters. The second-order valence-corrected chi connectivity index (χ2v) is 5.65. The Kier molecular flexibility index (Phi) is 3.25. The van der Waals surface area contributed by atoms with Crippen LogP contribution in [0, 0.1) is 5.92 Å². The maximum Gasteiger partial charge on any atom is 0.254 e. The molecule has 2 aliphatic rings. The molecule has 18 heavy (non-hydrogen) atoms. The Balaban J connectivity index is 1.80. The van der Waals surface area contributed by atoms with Crippen LogP contribution >= 0.6 is 11.6 Å². The number of hydrogen-bond acceptors (Lipinski definition) is 2. The zero-order valence-electron chi connectivity index (χ0n) is 10.3. The van der Waals surface area contributed by atoms with Gasteiger partial charge in [-0.05, 0) is 37.3 Å². The summed E-state index contributed by atoms with van der Waals surface area (Å²) >= 11 is 5.85. The molecule has 0 aromatic carbocycles. The number of hydrogen-bond donors (Lipinski definition) is 0. The lowest BCUT2D eigenvalue weighted by Gasteiger charge is -2.31. The zero-order chi connectivity index (χ0) is 12.5. The van der Waals surface area contributed by atoms with Gasteiger partial charge in [0, 0.05) is 24.3 Å². The van der Waals surface area contributed by atoms with Crippen LogP contribution in [0.1, 0.15) is 42.5 Å². The van der Waals surface area contributed by atoms with Crippen LogP contribution in [0.2, 0.25) is 5.15 Å². The highest BCUT2D eigenvalue weighted by molar-refractivity contribution is 6.29. The van der Waals surface area contributed by atoms with Gasteiger partial charge in [-0.25, -0.2) is 4.98 Å². The molecule has 0 spiro atoms. The topological polar surface area (TPSA) is 33.2 Å². The molecule has 1 saturated carbocycles. The largest absolute Gasteiger partial charge is 0.335 e. The molecule has 1 aromatic rings. The number of halogens is 1. The maximum absolute atomic E-state index is 12.5. The van der Waals surface area contributed by atoms with Gasteiger partial charge in [0.2, 0.25) is 0 Å². The molecule has 3 nitrogen and oxygen atoms in total. The van der Waals surface area contributed by atoms with E-state index in [0.717, 1.165) is 25.3 Å². The summed E-state index contributed by atoms with van der Waals surface area (Å²) in [4.78, 5) is 18.5. The number of rotatable bonds is 1. The number of likely N-dealkylation sites (tertiary alicyclic amines) is 1. The molecule has 3 rings (SSSR count). The van der Waals surface area contributed by atoms with E-state index in [1.165, 1.54) is 19.3 Å². The maximum atomic E-state index is 12.5. The third-order valence-electron chi connectivity index (χ3n) is 4.24. The summed E-state index contributed by atoms with van der Waals surface area (Å²) in [6.45, 7) is 0.897. The minimum Gasteiger partial charge on any atom is -0.335 e. The van der Waals surface area contributed by atoms with Crippen LogP contribution in [0.25, 0.3) is 0 Å². The van der Waals surface area contributed by atoms with E-state index in [9.17, 15) is 4.79 Å². The molecule has 0 N–H and O–H groups in total. The van der Waals surface area contributed by atoms with E-state index in [4.69, 9.17) is 11.6 Å². The number of amides is 1. The Morgan fingerprint density at radius 2 is 2.17 bits per heavy atom. The molecule has 2 unspecified atom stereocenters. The molecule has 1 aliphatic carbocycles. The first kappa shape index (κ1) is 12.0. The number of fused-ring (bicyclic) bond motifs is 1. The van der Waals surface area contributed by atoms with E-state index in [1.54, 1.807) is 18.3 Å². The van der Waals surface area contributed by atoms with E-state index in [1.807, 2.05) is 0 Å². The third-order valence-corrected chi connectivity index (χ3v) is 4.45. The number of aromatic nitrogens is 1. The first-order chi connectivity index (χ1) is 8.75. The van der Waals surface area contributed by atoms with Gasteiger partial charge in [-0.2, -0.15) is 0 Å². The lowest BCUT2D eigenvalue weighted by Crippen LogP contribution is -2.39. The molecule has 96 valence electrons. The molecule has 4 heteroatoms. The molecular weight excluding hydrogens is 248 g/mol. The van der Waals surface area contributed by atoms with Crippen LogP contribution in [0.15, 0.2) is 18.3 Å². The SMILES string of the molecule is O=C(c1ccnc(Cl)c1)N1CCC2CCCCC21. The molecule has 2 fully saturated rings. The Hall–Kier alpha value is -1.09. The molecule has 1 amide bonds. The standard InChI is InChI=1S/C14H17ClN2O/c15-13-9-11(5-7-16-13)14(18)17-8-6-10-3-1-2-4-12(10)17/h5,7,9-10,12H,1-4,6,8H2. The van der Waals surface area contributed by atoms with Gasteiger partial charge < -0.3 is 4.90 Å². The predicted molar refractivity (Wildman–Crippen MR) is 70.6 cm³/mol. The summed E-state index contributed by atoms with van der Waals surface area (Å²) in [7, 11) is 0. The molecule has 2 heterocycles. The highest BCUT2D eigenvalue weighted by atomic mass is 35.5. The van der Waals surface area contributed by atoms with Crippen molar-refractivity contribution in [1.29, 1.82) is 0 Å². The van der Waals surface area contributed by atoms with Crippen molar-refractivity contribution in [3.8, 4) is 0 Å². The van der Waals surface area contributed by atoms with Crippen molar-refractivity contribution in [1.82, 2.24) is 9.88 Å². The van der Waals surface area contributed by atoms with Crippen molar-refractivity contribution in [2.75, 3.05) is 6.54 Å². The number of carbonyl (C=O) groups excluding carboxylic acids is 1. The normalized spacial score (nSPS) is 27.1. The van der Waals surface area contributed by atoms with Gasteiger partial charge in [0.05, 0.1) is 0 Å². The van der Waals surface area contributed by atoms with Gasteiger partial charge in [-0.3, -0.25) is 4.79 Å². The minimum atomic E-state index is 0.119. The van der Waals surface area contributed by atoms with Gasteiger partial charge in [0.25, 0.3) is 5.91 Å². The Labute approximate surface area is 112 Å². The average molecular weight is 265 g/mol. The lowest BCUT2D eigenvalue weighted by molar-refractivity contribution is 0.0690. The van der Waals surface area contributed by atoms with Gasteiger partial charge >= 0.3 is 0 Å². The molecule has 1 aromatic heterocycles. The fraction of sp³-hybridized carbons (Fsp3) is 0.571. The fourth-order valence-electron chi connectivity index (χ4n) is 3.36. The summed E-state index contributed by atoms with van der Waals surface area (Å²) < 4.78 is 0. The minimum absolute atomic E-state index is 0.119. The van der Waals surface area contributed by atoms with E-state index < -0.39 is 0 Å². The summed E-state index contributed by atoms with van der Waals surface area (Å²) in [5.41, 5.74) is 0.668. The second kappa shape index (κ2) is 4.88. The van der Waals surface area contributed by atoms with Gasteiger partial charge in [0.1, 0.15) is 5.15 Å². The van der Waals surface area contributed by atoms with Crippen LogP contribution in [0.3, 0.4) is 0 Å². The molecule has 0 radical (unpaired) electrons. The summed E-state index contributed by atoms with van der Waals surface area (Å²) in [5, 5.41) is 0.389. The summed E-state index contributed by atoms with van der Waals surface area (Å²) in [5.74, 6) is 0.841. The number of nitrogens with zero attached hydrogens (tertiary/aromatic N) is 2. The van der Waals surface area contributed by atoms with Crippen LogP contribution in [-0.4, -0.2) is 28.4 Å². The van der Waals surface area contributed by atoms with Gasteiger partial charge in [0.15, 0.2) is 0 Å². The lowest BCUT2D eigenvalue weighted by atomic mass is 9.85. The second-order valence-electron chi connectivity index (χ2n) is 5.27. The van der Waals surface area contributed by atoms with Crippen molar-refractivity contribution in [2.45, 2.75) is 38.1 Å². The van der Waals surface area contributed by atoms with E-state index in [2.05, 4.69) is 9.88 Å². The molecule has 1 aliphatic heterocycles. The van der Waals surface area contributed by atoms with E-state index >= 15 is 0 Å². The first-order valence-corrected chi connectivity index (χ1v) is 7.06. The van der Waals surface area contributed by atoms with Crippen LogP contribution in [0.4, 0.5) is 0 Å². The Bertz CT molecular complexity index is 463. The van der Waals surface area contributed by atoms with E-state index in [-0.39, 0.29) is 5.91 Å². The predicted octanol–water partition coefficient (Wildman–Crippen LogP) is 3.14. The van der Waals surface area contributed by atoms with Crippen molar-refractivity contribution < 1.29 is 4.79 Å². The summed E-state index contributed by atoms with van der Waals surface area (Å²) in [6, 6.07) is 3.88. The number of pyridine rings is 1. The first-order valence-electron chi connectivity index (χ1n) is 6.68. The Morgan fingerprint density at radius 1 is 1.33 bits per heavy atom. The quantitative estimate of drug-likeness (QED) is 0.730. The zero-order valence-corrected chi connectivity index (χ0v) is 11.1. The average Bonchev–Trinajstić information content (AvgIpc) is 2.82. The van der Waals surface area contributed by atoms with Crippen molar-refractivity contribution in [2.24, 2.45) is 5.92 Å². The van der Waals surface area contributed by atoms with Crippen molar-refractivity contribution >= 4 is 17.5 Å². The monoisotopic (exact) mass is 264 g/mol. The Morgan fingerprint density at radius 3 is 3.00 bits per heavy atom. The fourth-order valence-corrected chi connectivity index (χ4v) is 3.53. The van der Waals surface area contributed by atoms with Crippen LogP contribution in [-0.2, 0) is 0 Å². The molecule has 1 saturated heterocycles. The molecular formula is C14H17ClN2O. The molecule has 0 bridgehead atoms. The third kappa shape index (κ3) is 2.12. The van der Waals surface area contributed by atoms with Crippen LogP contribution < -0.4 is 0 Å². The van der Waals surface area contributed by atoms with Gasteiger partial charge in [-0.15, -0.1) is 0 Å². The van der Waals surface area contributed by atoms with E-state index in [0.29, 0.717) is 16.8 Å². The van der Waals surface area contributed by atoms with Gasteiger partial charge in [-0.1, -0.05) is 24.4 Å². The highest BCUT2D eigenvalue weighted by Crippen LogP contribution is 2.36. The summed E-state index contributed by atoms with van der Waals surface area (Å²) in [6.07, 6.45) is 7.78. The van der Waals surface area contributed by atoms with Crippen LogP contribution in [0.5, 0.6) is 0 Å². The number of carbonyl (C=O) groups is 1. The smallest absolute Gasteiger partial charge is 0.254 e. The van der Waals surface area contributed by atoms with Crippen molar-refractivity contribution in [3.05, 3.63) is 29.0 Å².